The Hall–Kier alpha value is -1.24. The summed E-state index contributed by atoms with van der Waals surface area (Å²) < 4.78 is 0. The molecule has 0 saturated heterocycles. The average Bonchev–Trinajstić information content (AvgIpc) is 2.89. The maximum Gasteiger partial charge on any atom is 0.259 e. The highest BCUT2D eigenvalue weighted by Gasteiger charge is 2.24. The standard InChI is InChI=1S/C18H27N3O2S/c1-10-5-6-13-14(9-10)24-18-15(13)17(23)19-16(20-18)12(3)21(4)8-7-11(2)22/h10-12,22H,5-9H2,1-4H3,(H,19,20,23). The molecule has 0 saturated carbocycles. The summed E-state index contributed by atoms with van der Waals surface area (Å²) in [6, 6.07) is 0.0129. The second-order valence-electron chi connectivity index (χ2n) is 7.28. The van der Waals surface area contributed by atoms with E-state index in [0.717, 1.165) is 36.0 Å². The average molecular weight is 350 g/mol. The number of aliphatic hydroxyl groups is 1. The number of aromatic amines is 1. The third-order valence-corrected chi connectivity index (χ3v) is 6.29. The van der Waals surface area contributed by atoms with Crippen molar-refractivity contribution in [3.05, 3.63) is 26.6 Å². The van der Waals surface area contributed by atoms with Crippen molar-refractivity contribution in [2.75, 3.05) is 13.6 Å². The van der Waals surface area contributed by atoms with E-state index >= 15 is 0 Å². The molecule has 0 aliphatic heterocycles. The van der Waals surface area contributed by atoms with Gasteiger partial charge in [0.25, 0.3) is 5.56 Å². The second kappa shape index (κ2) is 6.94. The molecule has 0 radical (unpaired) electrons. The highest BCUT2D eigenvalue weighted by molar-refractivity contribution is 7.18. The minimum absolute atomic E-state index is 0.00201. The van der Waals surface area contributed by atoms with Crippen LogP contribution in [0, 0.1) is 5.92 Å². The fourth-order valence-corrected chi connectivity index (χ4v) is 4.75. The minimum Gasteiger partial charge on any atom is -0.393 e. The van der Waals surface area contributed by atoms with Gasteiger partial charge in [-0.3, -0.25) is 9.69 Å². The quantitative estimate of drug-likeness (QED) is 0.871. The van der Waals surface area contributed by atoms with Crippen LogP contribution in [-0.2, 0) is 12.8 Å². The molecule has 6 heteroatoms. The van der Waals surface area contributed by atoms with Crippen LogP contribution < -0.4 is 5.56 Å². The van der Waals surface area contributed by atoms with Gasteiger partial charge in [-0.05, 0) is 58.1 Å². The van der Waals surface area contributed by atoms with Gasteiger partial charge in [0.05, 0.1) is 17.5 Å². The number of nitrogens with zero attached hydrogens (tertiary/aromatic N) is 2. The lowest BCUT2D eigenvalue weighted by Gasteiger charge is -2.24. The fraction of sp³-hybridized carbons (Fsp3) is 0.667. The molecule has 0 amide bonds. The second-order valence-corrected chi connectivity index (χ2v) is 8.36. The molecule has 0 aromatic carbocycles. The van der Waals surface area contributed by atoms with E-state index in [1.165, 1.54) is 10.4 Å². The number of H-pyrrole nitrogens is 1. The molecule has 1 aliphatic rings. The fourth-order valence-electron chi connectivity index (χ4n) is 3.36. The van der Waals surface area contributed by atoms with Crippen molar-refractivity contribution in [1.29, 1.82) is 0 Å². The third kappa shape index (κ3) is 3.41. The van der Waals surface area contributed by atoms with Crippen molar-refractivity contribution in [2.24, 2.45) is 5.92 Å². The molecule has 0 fully saturated rings. The van der Waals surface area contributed by atoms with Crippen LogP contribution >= 0.6 is 11.3 Å². The molecule has 5 nitrogen and oxygen atoms in total. The van der Waals surface area contributed by atoms with Crippen molar-refractivity contribution in [3.63, 3.8) is 0 Å². The summed E-state index contributed by atoms with van der Waals surface area (Å²) in [5.41, 5.74) is 1.22. The van der Waals surface area contributed by atoms with E-state index in [4.69, 9.17) is 4.98 Å². The number of hydrogen-bond donors (Lipinski definition) is 2. The number of thiophene rings is 1. The summed E-state index contributed by atoms with van der Waals surface area (Å²) in [6.07, 6.45) is 3.59. The first-order valence-electron chi connectivity index (χ1n) is 8.79. The largest absolute Gasteiger partial charge is 0.393 e. The summed E-state index contributed by atoms with van der Waals surface area (Å²) in [7, 11) is 2.00. The zero-order valence-corrected chi connectivity index (χ0v) is 15.7. The van der Waals surface area contributed by atoms with Gasteiger partial charge in [0, 0.05) is 11.4 Å². The van der Waals surface area contributed by atoms with Gasteiger partial charge in [0.15, 0.2) is 0 Å². The number of fused-ring (bicyclic) bond motifs is 3. The van der Waals surface area contributed by atoms with Crippen LogP contribution in [0.15, 0.2) is 4.79 Å². The van der Waals surface area contributed by atoms with Crippen molar-refractivity contribution in [3.8, 4) is 0 Å². The summed E-state index contributed by atoms with van der Waals surface area (Å²) in [6.45, 7) is 6.87. The highest BCUT2D eigenvalue weighted by Crippen LogP contribution is 2.36. The number of aryl methyl sites for hydroxylation is 1. The number of nitrogens with one attached hydrogen (secondary N) is 1. The van der Waals surface area contributed by atoms with Gasteiger partial charge in [-0.25, -0.2) is 4.98 Å². The molecule has 0 spiro atoms. The van der Waals surface area contributed by atoms with Gasteiger partial charge in [-0.2, -0.15) is 0 Å². The van der Waals surface area contributed by atoms with Crippen LogP contribution in [0.1, 0.15) is 55.9 Å². The van der Waals surface area contributed by atoms with Crippen molar-refractivity contribution < 1.29 is 5.11 Å². The maximum absolute atomic E-state index is 12.7. The molecule has 2 aromatic heterocycles. The molecule has 132 valence electrons. The van der Waals surface area contributed by atoms with E-state index < -0.39 is 0 Å². The Morgan fingerprint density at radius 2 is 2.21 bits per heavy atom. The first-order chi connectivity index (χ1) is 11.4. The van der Waals surface area contributed by atoms with Gasteiger partial charge in [0.1, 0.15) is 10.7 Å². The van der Waals surface area contributed by atoms with Crippen LogP contribution in [0.5, 0.6) is 0 Å². The van der Waals surface area contributed by atoms with Crippen molar-refractivity contribution >= 4 is 21.6 Å². The molecule has 3 rings (SSSR count). The molecule has 3 atom stereocenters. The highest BCUT2D eigenvalue weighted by atomic mass is 32.1. The number of aromatic nitrogens is 2. The van der Waals surface area contributed by atoms with Crippen LogP contribution in [0.4, 0.5) is 0 Å². The van der Waals surface area contributed by atoms with Crippen molar-refractivity contribution in [1.82, 2.24) is 14.9 Å². The lowest BCUT2D eigenvalue weighted by atomic mass is 9.89. The smallest absolute Gasteiger partial charge is 0.259 e. The van der Waals surface area contributed by atoms with Crippen LogP contribution in [-0.4, -0.2) is 39.7 Å². The van der Waals surface area contributed by atoms with E-state index in [-0.39, 0.29) is 17.7 Å². The van der Waals surface area contributed by atoms with Gasteiger partial charge < -0.3 is 10.1 Å². The molecule has 0 bridgehead atoms. The minimum atomic E-state index is -0.319. The topological polar surface area (TPSA) is 69.2 Å². The molecular formula is C18H27N3O2S. The predicted octanol–water partition coefficient (Wildman–Crippen LogP) is 2.87. The van der Waals surface area contributed by atoms with Crippen molar-refractivity contribution in [2.45, 2.75) is 58.6 Å². The maximum atomic E-state index is 12.7. The van der Waals surface area contributed by atoms with Crippen LogP contribution in [0.2, 0.25) is 0 Å². The van der Waals surface area contributed by atoms with Gasteiger partial charge in [-0.15, -0.1) is 11.3 Å². The zero-order chi connectivity index (χ0) is 17.4. The Morgan fingerprint density at radius 3 is 2.92 bits per heavy atom. The molecule has 3 unspecified atom stereocenters. The van der Waals surface area contributed by atoms with Gasteiger partial charge in [0.2, 0.25) is 0 Å². The lowest BCUT2D eigenvalue weighted by Crippen LogP contribution is -2.28. The third-order valence-electron chi connectivity index (χ3n) is 5.14. The molecule has 24 heavy (non-hydrogen) atoms. The zero-order valence-electron chi connectivity index (χ0n) is 14.9. The number of rotatable bonds is 5. The van der Waals surface area contributed by atoms with E-state index in [1.807, 2.05) is 14.0 Å². The van der Waals surface area contributed by atoms with E-state index in [1.54, 1.807) is 18.3 Å². The van der Waals surface area contributed by atoms with Gasteiger partial charge in [-0.1, -0.05) is 6.92 Å². The molecule has 2 aromatic rings. The Morgan fingerprint density at radius 1 is 1.46 bits per heavy atom. The Labute approximate surface area is 146 Å². The summed E-state index contributed by atoms with van der Waals surface area (Å²) >= 11 is 1.69. The van der Waals surface area contributed by atoms with E-state index in [2.05, 4.69) is 16.8 Å². The Balaban J connectivity index is 1.92. The molecule has 1 aliphatic carbocycles. The molecule has 2 N–H and O–H groups in total. The lowest BCUT2D eigenvalue weighted by molar-refractivity contribution is 0.151. The van der Waals surface area contributed by atoms with E-state index in [9.17, 15) is 9.90 Å². The summed E-state index contributed by atoms with van der Waals surface area (Å²) in [4.78, 5) is 24.8. The first kappa shape index (κ1) is 17.6. The van der Waals surface area contributed by atoms with Crippen LogP contribution in [0.3, 0.4) is 0 Å². The van der Waals surface area contributed by atoms with Gasteiger partial charge >= 0.3 is 0 Å². The predicted molar refractivity (Wildman–Crippen MR) is 98.8 cm³/mol. The Bertz CT molecular complexity index is 780. The normalized spacial score (nSPS) is 20.3. The van der Waals surface area contributed by atoms with E-state index in [0.29, 0.717) is 18.2 Å². The monoisotopic (exact) mass is 349 g/mol. The number of hydrogen-bond acceptors (Lipinski definition) is 5. The first-order valence-corrected chi connectivity index (χ1v) is 9.61. The van der Waals surface area contributed by atoms with Crippen LogP contribution in [0.25, 0.3) is 10.2 Å². The number of aliphatic hydroxyl groups excluding tert-OH is 1. The summed E-state index contributed by atoms with van der Waals surface area (Å²) in [5.74, 6) is 1.40. The summed E-state index contributed by atoms with van der Waals surface area (Å²) in [5, 5.41) is 10.3. The molecule has 2 heterocycles. The SMILES string of the molecule is CC(O)CCN(C)C(C)c1nc2sc3c(c2c(=O)[nH]1)CCC(C)C3. The molecular weight excluding hydrogens is 322 g/mol. The Kier molecular flexibility index (Phi) is 5.08.